The topological polar surface area (TPSA) is 117 Å². The molecule has 0 radical (unpaired) electrons. The van der Waals surface area contributed by atoms with E-state index in [1.807, 2.05) is 4.90 Å². The second-order valence-corrected chi connectivity index (χ2v) is 13.0. The molecule has 1 amide bonds. The van der Waals surface area contributed by atoms with Crippen LogP contribution in [-0.4, -0.2) is 82.5 Å². The van der Waals surface area contributed by atoms with E-state index >= 15 is 4.39 Å². The lowest BCUT2D eigenvalue weighted by atomic mass is 9.95. The first kappa shape index (κ1) is 37.7. The van der Waals surface area contributed by atoms with Gasteiger partial charge in [-0.3, -0.25) is 19.5 Å². The van der Waals surface area contributed by atoms with Gasteiger partial charge in [0.15, 0.2) is 0 Å². The highest BCUT2D eigenvalue weighted by atomic mass is 19.4. The number of aryl methyl sites for hydroxylation is 1. The summed E-state index contributed by atoms with van der Waals surface area (Å²) in [7, 11) is 1.29. The number of carboxylic acids is 1. The van der Waals surface area contributed by atoms with E-state index in [0.717, 1.165) is 40.6 Å². The number of hydrogen-bond donors (Lipinski definition) is 2. The number of carbonyl (C=O) groups excluding carboxylic acids is 1. The summed E-state index contributed by atoms with van der Waals surface area (Å²) >= 11 is 0. The molecule has 2 saturated heterocycles. The molecule has 282 valence electrons. The van der Waals surface area contributed by atoms with Crippen molar-refractivity contribution >= 4 is 28.3 Å². The van der Waals surface area contributed by atoms with Gasteiger partial charge in [-0.2, -0.15) is 26.3 Å². The van der Waals surface area contributed by atoms with Crippen LogP contribution in [0.5, 0.6) is 0 Å². The number of benzene rings is 2. The maximum atomic E-state index is 16.0. The molecule has 2 aromatic heterocycles. The molecular weight excluding hydrogens is 715 g/mol. The number of amides is 1. The second-order valence-electron chi connectivity index (χ2n) is 13.0. The Hall–Kier alpha value is -5.03. The summed E-state index contributed by atoms with van der Waals surface area (Å²) < 4.78 is 106. The molecular formula is C36H34F7N5O5. The van der Waals surface area contributed by atoms with Gasteiger partial charge in [-0.1, -0.05) is 18.2 Å². The second kappa shape index (κ2) is 14.8. The molecule has 0 aliphatic carbocycles. The number of halogens is 7. The number of carbonyl (C=O) groups is 2. The van der Waals surface area contributed by atoms with Gasteiger partial charge in [0, 0.05) is 50.0 Å². The van der Waals surface area contributed by atoms with Crippen LogP contribution in [0, 0.1) is 5.82 Å². The first-order chi connectivity index (χ1) is 25.0. The van der Waals surface area contributed by atoms with Crippen molar-refractivity contribution in [2.24, 2.45) is 7.05 Å². The molecule has 4 heterocycles. The molecule has 2 aromatic carbocycles. The molecule has 2 N–H and O–H groups in total. The summed E-state index contributed by atoms with van der Waals surface area (Å²) in [6.45, 7) is 0.347. The number of rotatable bonds is 9. The molecule has 2 atom stereocenters. The molecule has 0 unspecified atom stereocenters. The normalized spacial score (nSPS) is 17.7. The number of carboxylic acid groups (broad SMARTS) is 1. The average Bonchev–Trinajstić information content (AvgIpc) is 3.61. The van der Waals surface area contributed by atoms with Gasteiger partial charge >= 0.3 is 18.3 Å². The Bertz CT molecular complexity index is 2100. The Labute approximate surface area is 297 Å². The van der Waals surface area contributed by atoms with Crippen molar-refractivity contribution < 1.29 is 50.2 Å². The van der Waals surface area contributed by atoms with Gasteiger partial charge in [-0.15, -0.1) is 0 Å². The van der Waals surface area contributed by atoms with Crippen LogP contribution in [-0.2, 0) is 35.7 Å². The highest BCUT2D eigenvalue weighted by Crippen LogP contribution is 2.38. The SMILES string of the molecule is Cn1ccc(C(F)(F)F)c(-c2nccc3c(C[C@H](NC(=O)c4c(F)cc(N5CCOC[C@@H]5C(F)(F)F)cc4CN4CCCC4)C(=O)O)cccc23)c1=O. The third kappa shape index (κ3) is 7.85. The van der Waals surface area contributed by atoms with Crippen LogP contribution in [0.25, 0.3) is 22.0 Å². The van der Waals surface area contributed by atoms with E-state index in [0.29, 0.717) is 13.1 Å². The molecule has 0 spiro atoms. The maximum absolute atomic E-state index is 16.0. The molecule has 4 aromatic rings. The smallest absolute Gasteiger partial charge is 0.417 e. The Morgan fingerprint density at radius 3 is 2.43 bits per heavy atom. The van der Waals surface area contributed by atoms with E-state index in [1.54, 1.807) is 0 Å². The van der Waals surface area contributed by atoms with Gasteiger partial charge < -0.3 is 24.6 Å². The summed E-state index contributed by atoms with van der Waals surface area (Å²) in [6.07, 6.45) is -6.19. The van der Waals surface area contributed by atoms with Crippen molar-refractivity contribution in [3.8, 4) is 11.3 Å². The van der Waals surface area contributed by atoms with Crippen LogP contribution in [0.15, 0.2) is 59.7 Å². The van der Waals surface area contributed by atoms with Crippen LogP contribution >= 0.6 is 0 Å². The van der Waals surface area contributed by atoms with Crippen molar-refractivity contribution in [3.05, 3.63) is 93.3 Å². The van der Waals surface area contributed by atoms with E-state index < -0.39 is 77.4 Å². The Kier molecular flexibility index (Phi) is 10.5. The van der Waals surface area contributed by atoms with Crippen molar-refractivity contribution in [1.29, 1.82) is 0 Å². The third-order valence-electron chi connectivity index (χ3n) is 9.55. The predicted octanol–water partition coefficient (Wildman–Crippen LogP) is 5.55. The molecule has 0 bridgehead atoms. The van der Waals surface area contributed by atoms with Crippen LogP contribution < -0.4 is 15.8 Å². The van der Waals surface area contributed by atoms with Gasteiger partial charge in [0.05, 0.1) is 35.6 Å². The molecule has 2 aliphatic rings. The van der Waals surface area contributed by atoms with Gasteiger partial charge in [0.1, 0.15) is 17.9 Å². The van der Waals surface area contributed by atoms with Gasteiger partial charge in [-0.05, 0) is 66.7 Å². The number of nitrogens with one attached hydrogen (secondary N) is 1. The summed E-state index contributed by atoms with van der Waals surface area (Å²) in [5, 5.41) is 12.9. The van der Waals surface area contributed by atoms with E-state index in [2.05, 4.69) is 10.3 Å². The molecule has 0 saturated carbocycles. The zero-order valence-corrected chi connectivity index (χ0v) is 28.2. The van der Waals surface area contributed by atoms with Crippen LogP contribution in [0.3, 0.4) is 0 Å². The average molecular weight is 750 g/mol. The van der Waals surface area contributed by atoms with Crippen molar-refractivity contribution in [1.82, 2.24) is 19.8 Å². The summed E-state index contributed by atoms with van der Waals surface area (Å²) in [4.78, 5) is 46.4. The first-order valence-corrected chi connectivity index (χ1v) is 16.7. The van der Waals surface area contributed by atoms with Gasteiger partial charge in [0.25, 0.3) is 11.5 Å². The van der Waals surface area contributed by atoms with Gasteiger partial charge in [-0.25, -0.2) is 9.18 Å². The number of pyridine rings is 2. The first-order valence-electron chi connectivity index (χ1n) is 16.7. The molecule has 2 aliphatic heterocycles. The van der Waals surface area contributed by atoms with Crippen LogP contribution in [0.2, 0.25) is 0 Å². The zero-order valence-electron chi connectivity index (χ0n) is 28.2. The van der Waals surface area contributed by atoms with Crippen LogP contribution in [0.1, 0.15) is 39.9 Å². The number of morpholine rings is 1. The fourth-order valence-corrected chi connectivity index (χ4v) is 6.95. The number of ether oxygens (including phenoxy) is 1. The Morgan fingerprint density at radius 2 is 1.75 bits per heavy atom. The Balaban J connectivity index is 1.35. The molecule has 53 heavy (non-hydrogen) atoms. The number of aliphatic carboxylic acids is 1. The van der Waals surface area contributed by atoms with Crippen molar-refractivity contribution in [3.63, 3.8) is 0 Å². The van der Waals surface area contributed by atoms with Crippen molar-refractivity contribution in [2.75, 3.05) is 37.7 Å². The minimum absolute atomic E-state index is 0.0181. The quantitative estimate of drug-likeness (QED) is 0.214. The lowest BCUT2D eigenvalue weighted by Gasteiger charge is -2.38. The van der Waals surface area contributed by atoms with E-state index in [4.69, 9.17) is 4.74 Å². The van der Waals surface area contributed by atoms with Crippen molar-refractivity contribution in [2.45, 2.75) is 50.2 Å². The maximum Gasteiger partial charge on any atom is 0.417 e. The summed E-state index contributed by atoms with van der Waals surface area (Å²) in [6, 6.07) is 4.97. The lowest BCUT2D eigenvalue weighted by Crippen LogP contribution is -2.53. The van der Waals surface area contributed by atoms with E-state index in [-0.39, 0.29) is 53.0 Å². The van der Waals surface area contributed by atoms with E-state index in [1.165, 1.54) is 43.6 Å². The monoisotopic (exact) mass is 749 g/mol. The minimum atomic E-state index is -4.90. The fourth-order valence-electron chi connectivity index (χ4n) is 6.95. The number of nitrogens with zero attached hydrogens (tertiary/aromatic N) is 4. The predicted molar refractivity (Wildman–Crippen MR) is 179 cm³/mol. The van der Waals surface area contributed by atoms with Gasteiger partial charge in [0.2, 0.25) is 0 Å². The third-order valence-corrected chi connectivity index (χ3v) is 9.55. The molecule has 10 nitrogen and oxygen atoms in total. The highest BCUT2D eigenvalue weighted by molar-refractivity contribution is 6.00. The van der Waals surface area contributed by atoms with E-state index in [9.17, 15) is 45.8 Å². The lowest BCUT2D eigenvalue weighted by molar-refractivity contribution is -0.167. The van der Waals surface area contributed by atoms with Crippen LogP contribution in [0.4, 0.5) is 36.4 Å². The highest BCUT2D eigenvalue weighted by Gasteiger charge is 2.46. The number of alkyl halides is 6. The largest absolute Gasteiger partial charge is 0.480 e. The standard InChI is InChI=1S/C36H34F7N5O5/c1-46-12-8-25(35(38,39)40)30(33(46)50)31-24-6-4-5-20(23(24)7-9-44-31)16-27(34(51)52)45-32(49)29-21(18-47-10-2-3-11-47)15-22(17-26(29)37)48-13-14-53-19-28(48)36(41,42)43/h4-9,12,15,17,27-28H,2-3,10-11,13-14,16,18-19H2,1H3,(H,45,49)(H,51,52)/t27-,28+/m0/s1. The minimum Gasteiger partial charge on any atom is -0.480 e. The summed E-state index contributed by atoms with van der Waals surface area (Å²) in [5.74, 6) is -3.77. The molecule has 17 heteroatoms. The number of fused-ring (bicyclic) bond motifs is 1. The fraction of sp³-hybridized carbons (Fsp3) is 0.389. The Morgan fingerprint density at radius 1 is 1.02 bits per heavy atom. The number of aromatic nitrogens is 2. The molecule has 6 rings (SSSR count). The zero-order chi connectivity index (χ0) is 38.2. The number of likely N-dealkylation sites (tertiary alicyclic amines) is 1. The summed E-state index contributed by atoms with van der Waals surface area (Å²) in [5.41, 5.74) is -3.43. The number of hydrogen-bond acceptors (Lipinski definition) is 7. The molecule has 2 fully saturated rings. The number of anilines is 1.